The van der Waals surface area contributed by atoms with Crippen molar-refractivity contribution < 1.29 is 19.1 Å². The number of likely N-dealkylation sites (N-methyl/N-ethyl adjacent to an activating group) is 1. The van der Waals surface area contributed by atoms with Crippen LogP contribution in [0.2, 0.25) is 5.02 Å². The van der Waals surface area contributed by atoms with E-state index in [-0.39, 0.29) is 23.3 Å². The van der Waals surface area contributed by atoms with Gasteiger partial charge in [-0.1, -0.05) is 11.6 Å². The van der Waals surface area contributed by atoms with Crippen molar-refractivity contribution in [1.82, 2.24) is 9.80 Å². The molecule has 0 saturated carbocycles. The number of amides is 1. The van der Waals surface area contributed by atoms with Gasteiger partial charge in [0.15, 0.2) is 5.11 Å². The van der Waals surface area contributed by atoms with E-state index >= 15 is 0 Å². The Morgan fingerprint density at radius 2 is 2.08 bits per heavy atom. The number of halogens is 2. The first-order valence-electron chi connectivity index (χ1n) is 6.71. The Morgan fingerprint density at radius 1 is 1.42 bits per heavy atom. The minimum atomic E-state index is -0.509. The summed E-state index contributed by atoms with van der Waals surface area (Å²) in [6.45, 7) is -0.165. The third kappa shape index (κ3) is 3.55. The second kappa shape index (κ2) is 7.50. The number of carbonyl (C=O) groups is 2. The Labute approximate surface area is 158 Å². The monoisotopic (exact) mass is 432 g/mol. The van der Waals surface area contributed by atoms with Crippen molar-refractivity contribution in [3.05, 3.63) is 32.9 Å². The van der Waals surface area contributed by atoms with Crippen LogP contribution < -0.4 is 4.74 Å². The lowest BCUT2D eigenvalue weighted by molar-refractivity contribution is -0.140. The largest absolute Gasteiger partial charge is 0.495 e. The number of esters is 1. The van der Waals surface area contributed by atoms with Crippen LogP contribution >= 0.6 is 39.7 Å². The smallest absolute Gasteiger partial charge is 0.325 e. The van der Waals surface area contributed by atoms with Crippen LogP contribution in [0.15, 0.2) is 22.3 Å². The van der Waals surface area contributed by atoms with E-state index in [1.807, 2.05) is 0 Å². The molecule has 0 atom stereocenters. The molecule has 1 fully saturated rings. The summed E-state index contributed by atoms with van der Waals surface area (Å²) >= 11 is 14.7. The first-order valence-corrected chi connectivity index (χ1v) is 8.29. The molecular formula is C15H14BrClN2O4S. The van der Waals surface area contributed by atoms with Gasteiger partial charge in [-0.25, -0.2) is 0 Å². The van der Waals surface area contributed by atoms with Crippen LogP contribution in [0.4, 0.5) is 0 Å². The summed E-state index contributed by atoms with van der Waals surface area (Å²) in [5.74, 6) is -0.328. The molecule has 2 rings (SSSR count). The van der Waals surface area contributed by atoms with E-state index in [1.54, 1.807) is 25.3 Å². The van der Waals surface area contributed by atoms with Gasteiger partial charge < -0.3 is 14.4 Å². The Bertz CT molecular complexity index is 753. The molecule has 0 radical (unpaired) electrons. The van der Waals surface area contributed by atoms with Crippen LogP contribution in [0.3, 0.4) is 0 Å². The standard InChI is InChI=1S/C15H14BrClN2O4S/c1-18-14(21)11(19(15(18)24)7-12(20)22-2)5-8-4-9(17)6-10(16)13(8)23-3/h4-6H,7H2,1-3H3. The maximum atomic E-state index is 12.5. The fourth-order valence-electron chi connectivity index (χ4n) is 2.19. The van der Waals surface area contributed by atoms with Gasteiger partial charge in [0, 0.05) is 17.6 Å². The zero-order valence-corrected chi connectivity index (χ0v) is 16.3. The van der Waals surface area contributed by atoms with Crippen molar-refractivity contribution in [2.75, 3.05) is 27.8 Å². The van der Waals surface area contributed by atoms with Crippen molar-refractivity contribution in [2.24, 2.45) is 0 Å². The van der Waals surface area contributed by atoms with Gasteiger partial charge in [0.1, 0.15) is 18.0 Å². The number of nitrogens with zero attached hydrogens (tertiary/aromatic N) is 2. The molecule has 24 heavy (non-hydrogen) atoms. The summed E-state index contributed by atoms with van der Waals surface area (Å²) in [5, 5.41) is 0.687. The third-order valence-electron chi connectivity index (χ3n) is 3.38. The normalized spacial score (nSPS) is 16.1. The molecule has 1 aliphatic heterocycles. The highest BCUT2D eigenvalue weighted by molar-refractivity contribution is 9.10. The number of hydrogen-bond acceptors (Lipinski definition) is 5. The van der Waals surface area contributed by atoms with Gasteiger partial charge in [0.25, 0.3) is 5.91 Å². The molecule has 0 unspecified atom stereocenters. The molecule has 1 aromatic carbocycles. The molecule has 128 valence electrons. The van der Waals surface area contributed by atoms with E-state index in [4.69, 9.17) is 28.6 Å². The zero-order valence-electron chi connectivity index (χ0n) is 13.1. The van der Waals surface area contributed by atoms with E-state index in [9.17, 15) is 9.59 Å². The molecule has 0 aromatic heterocycles. The van der Waals surface area contributed by atoms with Crippen LogP contribution in [0.5, 0.6) is 5.75 Å². The predicted octanol–water partition coefficient (Wildman–Crippen LogP) is 2.68. The van der Waals surface area contributed by atoms with E-state index < -0.39 is 5.97 Å². The first kappa shape index (κ1) is 18.7. The lowest BCUT2D eigenvalue weighted by atomic mass is 10.1. The molecule has 1 aliphatic rings. The number of carbonyl (C=O) groups excluding carboxylic acids is 2. The predicted molar refractivity (Wildman–Crippen MR) is 97.8 cm³/mol. The molecule has 1 saturated heterocycles. The number of methoxy groups -OCH3 is 2. The van der Waals surface area contributed by atoms with Gasteiger partial charge in [-0.2, -0.15) is 0 Å². The number of thiocarbonyl (C=S) groups is 1. The highest BCUT2D eigenvalue weighted by atomic mass is 79.9. The minimum Gasteiger partial charge on any atom is -0.495 e. The Kier molecular flexibility index (Phi) is 5.84. The first-order chi connectivity index (χ1) is 11.3. The average Bonchev–Trinajstić information content (AvgIpc) is 2.72. The van der Waals surface area contributed by atoms with E-state index in [0.717, 1.165) is 0 Å². The van der Waals surface area contributed by atoms with E-state index in [0.29, 0.717) is 20.8 Å². The van der Waals surface area contributed by atoms with Crippen LogP contribution in [-0.2, 0) is 14.3 Å². The molecule has 1 heterocycles. The van der Waals surface area contributed by atoms with Gasteiger partial charge >= 0.3 is 5.97 Å². The van der Waals surface area contributed by atoms with Gasteiger partial charge in [0.05, 0.1) is 18.7 Å². The fourth-order valence-corrected chi connectivity index (χ4v) is 3.44. The van der Waals surface area contributed by atoms with Crippen molar-refractivity contribution in [2.45, 2.75) is 0 Å². The summed E-state index contributed by atoms with van der Waals surface area (Å²) < 4.78 is 10.7. The highest BCUT2D eigenvalue weighted by Crippen LogP contribution is 2.35. The van der Waals surface area contributed by atoms with Crippen LogP contribution in [-0.4, -0.2) is 54.6 Å². The number of benzene rings is 1. The number of rotatable bonds is 4. The molecular weight excluding hydrogens is 420 g/mol. The Hall–Kier alpha value is -1.64. The average molecular weight is 434 g/mol. The SMILES string of the molecule is COC(=O)CN1C(=S)N(C)C(=O)C1=Cc1cc(Cl)cc(Br)c1OC. The molecule has 0 aliphatic carbocycles. The van der Waals surface area contributed by atoms with Crippen molar-refractivity contribution in [3.8, 4) is 5.75 Å². The molecule has 9 heteroatoms. The molecule has 1 aromatic rings. The van der Waals surface area contributed by atoms with Crippen molar-refractivity contribution in [1.29, 1.82) is 0 Å². The summed E-state index contributed by atoms with van der Waals surface area (Å²) in [7, 11) is 4.32. The Morgan fingerprint density at radius 3 is 2.67 bits per heavy atom. The van der Waals surface area contributed by atoms with Gasteiger partial charge in [0.2, 0.25) is 0 Å². The van der Waals surface area contributed by atoms with Crippen LogP contribution in [0.1, 0.15) is 5.56 Å². The molecule has 6 nitrogen and oxygen atoms in total. The fraction of sp³-hybridized carbons (Fsp3) is 0.267. The van der Waals surface area contributed by atoms with E-state index in [2.05, 4.69) is 20.7 Å². The van der Waals surface area contributed by atoms with Gasteiger partial charge in [-0.15, -0.1) is 0 Å². The molecule has 0 bridgehead atoms. The number of ether oxygens (including phenoxy) is 2. The summed E-state index contributed by atoms with van der Waals surface area (Å²) in [5.41, 5.74) is 0.813. The van der Waals surface area contributed by atoms with Crippen molar-refractivity contribution >= 4 is 62.8 Å². The summed E-state index contributed by atoms with van der Waals surface area (Å²) in [4.78, 5) is 26.8. The third-order valence-corrected chi connectivity index (χ3v) is 4.68. The lowest BCUT2D eigenvalue weighted by Crippen LogP contribution is -2.33. The maximum absolute atomic E-state index is 12.5. The van der Waals surface area contributed by atoms with Crippen LogP contribution in [0, 0.1) is 0 Å². The summed E-state index contributed by atoms with van der Waals surface area (Å²) in [6, 6.07) is 3.34. The van der Waals surface area contributed by atoms with E-state index in [1.165, 1.54) is 24.0 Å². The zero-order chi connectivity index (χ0) is 18.0. The highest BCUT2D eigenvalue weighted by Gasteiger charge is 2.37. The topological polar surface area (TPSA) is 59.1 Å². The lowest BCUT2D eigenvalue weighted by Gasteiger charge is -2.17. The minimum absolute atomic E-state index is 0.165. The molecule has 0 spiro atoms. The van der Waals surface area contributed by atoms with Crippen molar-refractivity contribution in [3.63, 3.8) is 0 Å². The second-order valence-electron chi connectivity index (χ2n) is 4.85. The van der Waals surface area contributed by atoms with Gasteiger partial charge in [-0.05, 0) is 46.4 Å². The quantitative estimate of drug-likeness (QED) is 0.413. The summed E-state index contributed by atoms with van der Waals surface area (Å²) in [6.07, 6.45) is 1.58. The molecule has 0 N–H and O–H groups in total. The number of hydrogen-bond donors (Lipinski definition) is 0. The second-order valence-corrected chi connectivity index (χ2v) is 6.50. The molecule has 1 amide bonds. The van der Waals surface area contributed by atoms with Gasteiger partial charge in [-0.3, -0.25) is 14.5 Å². The maximum Gasteiger partial charge on any atom is 0.325 e. The van der Waals surface area contributed by atoms with Crippen LogP contribution in [0.25, 0.3) is 6.08 Å². The Balaban J connectivity index is 2.54.